The Balaban J connectivity index is 2.06. The lowest BCUT2D eigenvalue weighted by Crippen LogP contribution is -2.10. The summed E-state index contributed by atoms with van der Waals surface area (Å²) in [5, 5.41) is 5.51. The molecule has 0 aliphatic carbocycles. The van der Waals surface area contributed by atoms with E-state index in [1.165, 1.54) is 13.0 Å². The molecule has 0 aliphatic rings. The largest absolute Gasteiger partial charge is 0.494 e. The highest BCUT2D eigenvalue weighted by atomic mass is 16.5. The van der Waals surface area contributed by atoms with E-state index in [4.69, 9.17) is 9.47 Å². The van der Waals surface area contributed by atoms with Gasteiger partial charge in [-0.15, -0.1) is 0 Å². The van der Waals surface area contributed by atoms with Crippen molar-refractivity contribution in [2.24, 2.45) is 0 Å². The molecule has 142 valence electrons. The molecule has 0 saturated heterocycles. The fraction of sp³-hybridized carbons (Fsp3) is 0.238. The van der Waals surface area contributed by atoms with Gasteiger partial charge in [0.2, 0.25) is 11.8 Å². The van der Waals surface area contributed by atoms with Gasteiger partial charge in [0.05, 0.1) is 18.9 Å². The lowest BCUT2D eigenvalue weighted by atomic mass is 10.2. The minimum atomic E-state index is -0.282. The van der Waals surface area contributed by atoms with Gasteiger partial charge < -0.3 is 20.1 Å². The first-order chi connectivity index (χ1) is 13.0. The molecular weight excluding hydrogens is 344 g/mol. The molecule has 0 heterocycles. The Kier molecular flexibility index (Phi) is 7.43. The van der Waals surface area contributed by atoms with Crippen LogP contribution >= 0.6 is 0 Å². The van der Waals surface area contributed by atoms with E-state index in [1.807, 2.05) is 26.0 Å². The summed E-state index contributed by atoms with van der Waals surface area (Å²) in [5.74, 6) is 0.837. The zero-order chi connectivity index (χ0) is 19.6. The van der Waals surface area contributed by atoms with Crippen molar-refractivity contribution in [1.82, 2.24) is 0 Å². The van der Waals surface area contributed by atoms with Crippen molar-refractivity contribution >= 4 is 29.3 Å². The molecule has 0 aliphatic heterocycles. The van der Waals surface area contributed by atoms with Gasteiger partial charge in [-0.1, -0.05) is 12.1 Å². The minimum Gasteiger partial charge on any atom is -0.494 e. The van der Waals surface area contributed by atoms with E-state index in [2.05, 4.69) is 10.6 Å². The van der Waals surface area contributed by atoms with Gasteiger partial charge >= 0.3 is 0 Å². The highest BCUT2D eigenvalue weighted by molar-refractivity contribution is 6.03. The Hall–Kier alpha value is -3.28. The van der Waals surface area contributed by atoms with E-state index >= 15 is 0 Å². The third-order valence-electron chi connectivity index (χ3n) is 3.48. The van der Waals surface area contributed by atoms with Gasteiger partial charge in [-0.2, -0.15) is 0 Å². The minimum absolute atomic E-state index is 0.128. The summed E-state index contributed by atoms with van der Waals surface area (Å²) < 4.78 is 11.0. The van der Waals surface area contributed by atoms with Crippen molar-refractivity contribution in [2.75, 3.05) is 23.8 Å². The lowest BCUT2D eigenvalue weighted by Gasteiger charge is -2.12. The number of carbonyl (C=O) groups excluding carboxylic acids is 2. The Labute approximate surface area is 159 Å². The predicted molar refractivity (Wildman–Crippen MR) is 107 cm³/mol. The van der Waals surface area contributed by atoms with Gasteiger partial charge in [-0.05, 0) is 49.8 Å². The molecule has 27 heavy (non-hydrogen) atoms. The summed E-state index contributed by atoms with van der Waals surface area (Å²) in [6, 6.07) is 12.5. The maximum atomic E-state index is 12.3. The van der Waals surface area contributed by atoms with Gasteiger partial charge in [-0.25, -0.2) is 0 Å². The van der Waals surface area contributed by atoms with Crippen LogP contribution in [0, 0.1) is 0 Å². The first-order valence-electron chi connectivity index (χ1n) is 8.78. The Bertz CT molecular complexity index is 813. The van der Waals surface area contributed by atoms with Crippen LogP contribution in [0.3, 0.4) is 0 Å². The van der Waals surface area contributed by atoms with Crippen molar-refractivity contribution in [3.8, 4) is 11.5 Å². The zero-order valence-corrected chi connectivity index (χ0v) is 15.7. The summed E-state index contributed by atoms with van der Waals surface area (Å²) in [5.41, 5.74) is 2.10. The van der Waals surface area contributed by atoms with E-state index in [-0.39, 0.29) is 11.8 Å². The molecule has 0 unspecified atom stereocenters. The van der Waals surface area contributed by atoms with Crippen LogP contribution in [-0.4, -0.2) is 25.0 Å². The normalized spacial score (nSPS) is 10.5. The first-order valence-corrected chi connectivity index (χ1v) is 8.78. The topological polar surface area (TPSA) is 76.7 Å². The molecule has 2 N–H and O–H groups in total. The predicted octanol–water partition coefficient (Wildman–Crippen LogP) is 4.09. The van der Waals surface area contributed by atoms with Crippen LogP contribution in [0.25, 0.3) is 6.08 Å². The van der Waals surface area contributed by atoms with Crippen LogP contribution in [0.5, 0.6) is 11.5 Å². The van der Waals surface area contributed by atoms with Crippen molar-refractivity contribution < 1.29 is 19.1 Å². The van der Waals surface area contributed by atoms with E-state index in [9.17, 15) is 9.59 Å². The van der Waals surface area contributed by atoms with E-state index in [0.717, 1.165) is 5.56 Å². The third-order valence-corrected chi connectivity index (χ3v) is 3.48. The molecule has 2 amide bonds. The van der Waals surface area contributed by atoms with E-state index < -0.39 is 0 Å². The number of anilines is 2. The Morgan fingerprint density at radius 3 is 2.30 bits per heavy atom. The number of benzene rings is 2. The van der Waals surface area contributed by atoms with Crippen LogP contribution in [0.15, 0.2) is 48.5 Å². The third kappa shape index (κ3) is 6.51. The standard InChI is InChI=1S/C21H24N2O4/c1-4-26-18-11-12-20(27-5-2)19(14-18)23-21(25)13-8-16-6-9-17(10-7-16)22-15(3)24/h6-14H,4-5H2,1-3H3,(H,22,24)(H,23,25)/b13-8+. The molecule has 0 fully saturated rings. The summed E-state index contributed by atoms with van der Waals surface area (Å²) >= 11 is 0. The first kappa shape index (κ1) is 20.0. The highest BCUT2D eigenvalue weighted by Gasteiger charge is 2.08. The molecule has 2 rings (SSSR count). The van der Waals surface area contributed by atoms with Crippen molar-refractivity contribution in [3.63, 3.8) is 0 Å². The van der Waals surface area contributed by atoms with Crippen LogP contribution < -0.4 is 20.1 Å². The molecule has 0 aromatic heterocycles. The molecule has 0 spiro atoms. The van der Waals surface area contributed by atoms with Crippen molar-refractivity contribution in [1.29, 1.82) is 0 Å². The number of hydrogen-bond acceptors (Lipinski definition) is 4. The average molecular weight is 368 g/mol. The van der Waals surface area contributed by atoms with Crippen LogP contribution in [-0.2, 0) is 9.59 Å². The van der Waals surface area contributed by atoms with Gasteiger partial charge in [0, 0.05) is 24.8 Å². The maximum Gasteiger partial charge on any atom is 0.248 e. The second-order valence-electron chi connectivity index (χ2n) is 5.65. The zero-order valence-electron chi connectivity index (χ0n) is 15.7. The number of carbonyl (C=O) groups is 2. The average Bonchev–Trinajstić information content (AvgIpc) is 2.63. The molecule has 6 nitrogen and oxygen atoms in total. The van der Waals surface area contributed by atoms with Crippen LogP contribution in [0.2, 0.25) is 0 Å². The fourth-order valence-electron chi connectivity index (χ4n) is 2.37. The summed E-state index contributed by atoms with van der Waals surface area (Å²) in [4.78, 5) is 23.3. The number of rotatable bonds is 8. The molecule has 0 atom stereocenters. The summed E-state index contributed by atoms with van der Waals surface area (Å²) in [7, 11) is 0. The fourth-order valence-corrected chi connectivity index (χ4v) is 2.37. The summed E-state index contributed by atoms with van der Waals surface area (Å²) in [6.07, 6.45) is 3.14. The lowest BCUT2D eigenvalue weighted by molar-refractivity contribution is -0.114. The second kappa shape index (κ2) is 10.0. The van der Waals surface area contributed by atoms with Gasteiger partial charge in [0.15, 0.2) is 0 Å². The van der Waals surface area contributed by atoms with Gasteiger partial charge in [0.25, 0.3) is 0 Å². The van der Waals surface area contributed by atoms with Crippen molar-refractivity contribution in [2.45, 2.75) is 20.8 Å². The molecule has 6 heteroatoms. The summed E-state index contributed by atoms with van der Waals surface area (Å²) in [6.45, 7) is 6.26. The van der Waals surface area contributed by atoms with Crippen LogP contribution in [0.1, 0.15) is 26.3 Å². The molecule has 0 saturated carbocycles. The SMILES string of the molecule is CCOc1ccc(OCC)c(NC(=O)/C=C/c2ccc(NC(C)=O)cc2)c1. The molecule has 2 aromatic carbocycles. The monoisotopic (exact) mass is 368 g/mol. The molecular formula is C21H24N2O4. The molecule has 0 bridgehead atoms. The smallest absolute Gasteiger partial charge is 0.248 e. The van der Waals surface area contributed by atoms with Crippen LogP contribution in [0.4, 0.5) is 11.4 Å². The highest BCUT2D eigenvalue weighted by Crippen LogP contribution is 2.29. The quantitative estimate of drug-likeness (QED) is 0.688. The number of amides is 2. The Morgan fingerprint density at radius 1 is 0.963 bits per heavy atom. The second-order valence-corrected chi connectivity index (χ2v) is 5.65. The Morgan fingerprint density at radius 2 is 1.67 bits per heavy atom. The molecule has 0 radical (unpaired) electrons. The number of nitrogens with one attached hydrogen (secondary N) is 2. The van der Waals surface area contributed by atoms with E-state index in [1.54, 1.807) is 36.4 Å². The van der Waals surface area contributed by atoms with E-state index in [0.29, 0.717) is 36.1 Å². The molecule has 2 aromatic rings. The van der Waals surface area contributed by atoms with Gasteiger partial charge in [-0.3, -0.25) is 9.59 Å². The maximum absolute atomic E-state index is 12.3. The van der Waals surface area contributed by atoms with Gasteiger partial charge in [0.1, 0.15) is 11.5 Å². The van der Waals surface area contributed by atoms with Crippen molar-refractivity contribution in [3.05, 3.63) is 54.1 Å². The number of hydrogen-bond donors (Lipinski definition) is 2. The number of ether oxygens (including phenoxy) is 2.